The van der Waals surface area contributed by atoms with Gasteiger partial charge in [0, 0.05) is 19.4 Å². The maximum absolute atomic E-state index is 6.35. The summed E-state index contributed by atoms with van der Waals surface area (Å²) in [6.07, 6.45) is 3.99. The molecule has 0 radical (unpaired) electrons. The lowest BCUT2D eigenvalue weighted by Gasteiger charge is -2.29. The Morgan fingerprint density at radius 3 is 2.90 bits per heavy atom. The van der Waals surface area contributed by atoms with Crippen molar-refractivity contribution in [1.82, 2.24) is 15.1 Å². The second-order valence-corrected chi connectivity index (χ2v) is 5.06. The van der Waals surface area contributed by atoms with Crippen molar-refractivity contribution in [2.75, 3.05) is 13.2 Å². The third-order valence-electron chi connectivity index (χ3n) is 3.72. The number of hydrogen-bond donors (Lipinski definition) is 1. The van der Waals surface area contributed by atoms with E-state index in [0.717, 1.165) is 17.7 Å². The SMILES string of the molecule is CCc1cccnc1-c1noc(C2(N)CCOCC2)n1. The zero-order valence-electron chi connectivity index (χ0n) is 11.5. The first-order chi connectivity index (χ1) is 9.73. The van der Waals surface area contributed by atoms with Crippen molar-refractivity contribution >= 4 is 0 Å². The first-order valence-corrected chi connectivity index (χ1v) is 6.88. The Morgan fingerprint density at radius 1 is 1.35 bits per heavy atom. The number of nitrogens with zero attached hydrogens (tertiary/aromatic N) is 3. The molecule has 0 unspecified atom stereocenters. The Labute approximate surface area is 117 Å². The van der Waals surface area contributed by atoms with Gasteiger partial charge in [0.25, 0.3) is 0 Å². The van der Waals surface area contributed by atoms with Gasteiger partial charge in [0.1, 0.15) is 11.2 Å². The Kier molecular flexibility index (Phi) is 3.50. The van der Waals surface area contributed by atoms with E-state index in [1.165, 1.54) is 0 Å². The molecule has 0 atom stereocenters. The van der Waals surface area contributed by atoms with Crippen LogP contribution in [0.3, 0.4) is 0 Å². The molecule has 0 amide bonds. The van der Waals surface area contributed by atoms with Gasteiger partial charge in [-0.1, -0.05) is 18.1 Å². The maximum atomic E-state index is 6.35. The quantitative estimate of drug-likeness (QED) is 0.915. The van der Waals surface area contributed by atoms with Crippen LogP contribution in [0, 0.1) is 0 Å². The zero-order valence-corrected chi connectivity index (χ0v) is 11.5. The van der Waals surface area contributed by atoms with Gasteiger partial charge >= 0.3 is 0 Å². The largest absolute Gasteiger partial charge is 0.381 e. The van der Waals surface area contributed by atoms with Crippen LogP contribution in [0.25, 0.3) is 11.5 Å². The average molecular weight is 274 g/mol. The minimum atomic E-state index is -0.579. The van der Waals surface area contributed by atoms with Gasteiger partial charge < -0.3 is 15.0 Å². The lowest BCUT2D eigenvalue weighted by molar-refractivity contribution is 0.0400. The number of ether oxygens (including phenoxy) is 1. The Bertz CT molecular complexity index is 590. The summed E-state index contributed by atoms with van der Waals surface area (Å²) in [4.78, 5) is 8.81. The summed E-state index contributed by atoms with van der Waals surface area (Å²) in [7, 11) is 0. The Balaban J connectivity index is 1.94. The van der Waals surface area contributed by atoms with Gasteiger partial charge in [-0.05, 0) is 30.9 Å². The molecule has 1 aliphatic heterocycles. The number of pyridine rings is 1. The highest BCUT2D eigenvalue weighted by atomic mass is 16.5. The van der Waals surface area contributed by atoms with Crippen molar-refractivity contribution in [1.29, 1.82) is 0 Å². The van der Waals surface area contributed by atoms with E-state index in [-0.39, 0.29) is 0 Å². The van der Waals surface area contributed by atoms with Gasteiger partial charge in [-0.2, -0.15) is 4.98 Å². The van der Waals surface area contributed by atoms with E-state index >= 15 is 0 Å². The molecule has 6 heteroatoms. The summed E-state index contributed by atoms with van der Waals surface area (Å²) in [5.74, 6) is 0.984. The third-order valence-corrected chi connectivity index (χ3v) is 3.72. The van der Waals surface area contributed by atoms with E-state index in [1.807, 2.05) is 12.1 Å². The van der Waals surface area contributed by atoms with Crippen molar-refractivity contribution in [2.45, 2.75) is 31.7 Å². The van der Waals surface area contributed by atoms with Crippen LogP contribution in [0.4, 0.5) is 0 Å². The standard InChI is InChI=1S/C14H18N4O2/c1-2-10-4-3-7-16-11(10)12-17-13(20-18-12)14(15)5-8-19-9-6-14/h3-4,7H,2,5-6,8-9,15H2,1H3. The molecule has 3 heterocycles. The molecule has 2 aromatic heterocycles. The summed E-state index contributed by atoms with van der Waals surface area (Å²) >= 11 is 0. The number of aromatic nitrogens is 3. The molecule has 1 saturated heterocycles. The molecular formula is C14H18N4O2. The molecule has 2 aromatic rings. The van der Waals surface area contributed by atoms with Crippen LogP contribution in [0.5, 0.6) is 0 Å². The van der Waals surface area contributed by atoms with E-state index in [4.69, 9.17) is 15.0 Å². The second kappa shape index (κ2) is 5.30. The van der Waals surface area contributed by atoms with E-state index in [1.54, 1.807) is 6.20 Å². The highest BCUT2D eigenvalue weighted by Crippen LogP contribution is 2.29. The van der Waals surface area contributed by atoms with Crippen LogP contribution in [-0.2, 0) is 16.7 Å². The van der Waals surface area contributed by atoms with E-state index < -0.39 is 5.54 Å². The van der Waals surface area contributed by atoms with Crippen LogP contribution >= 0.6 is 0 Å². The lowest BCUT2D eigenvalue weighted by Crippen LogP contribution is -2.42. The Morgan fingerprint density at radius 2 is 2.15 bits per heavy atom. The van der Waals surface area contributed by atoms with Gasteiger partial charge in [-0.3, -0.25) is 4.98 Å². The van der Waals surface area contributed by atoms with Gasteiger partial charge in [-0.25, -0.2) is 0 Å². The van der Waals surface area contributed by atoms with Crippen molar-refractivity contribution in [2.24, 2.45) is 5.73 Å². The van der Waals surface area contributed by atoms with Crippen molar-refractivity contribution < 1.29 is 9.26 Å². The highest BCUT2D eigenvalue weighted by Gasteiger charge is 2.36. The summed E-state index contributed by atoms with van der Waals surface area (Å²) in [6.45, 7) is 3.32. The molecule has 0 bridgehead atoms. The molecule has 1 fully saturated rings. The maximum Gasteiger partial charge on any atom is 0.247 e. The minimum absolute atomic E-state index is 0.475. The summed E-state index contributed by atoms with van der Waals surface area (Å²) in [5.41, 5.74) is 7.63. The van der Waals surface area contributed by atoms with Gasteiger partial charge in [0.05, 0.1) is 0 Å². The molecule has 0 saturated carbocycles. The molecule has 0 aromatic carbocycles. The lowest BCUT2D eigenvalue weighted by atomic mass is 9.91. The normalized spacial score (nSPS) is 18.1. The summed E-state index contributed by atoms with van der Waals surface area (Å²) in [6, 6.07) is 3.93. The fraction of sp³-hybridized carbons (Fsp3) is 0.500. The van der Waals surface area contributed by atoms with E-state index in [9.17, 15) is 0 Å². The van der Waals surface area contributed by atoms with E-state index in [0.29, 0.717) is 37.8 Å². The van der Waals surface area contributed by atoms with Crippen LogP contribution in [-0.4, -0.2) is 28.3 Å². The van der Waals surface area contributed by atoms with Crippen LogP contribution < -0.4 is 5.73 Å². The summed E-state index contributed by atoms with van der Waals surface area (Å²) in [5, 5.41) is 4.05. The average Bonchev–Trinajstić information content (AvgIpc) is 2.98. The van der Waals surface area contributed by atoms with Gasteiger partial charge in [0.15, 0.2) is 0 Å². The molecular weight excluding hydrogens is 256 g/mol. The first kappa shape index (κ1) is 13.2. The molecule has 3 rings (SSSR count). The third kappa shape index (κ3) is 2.32. The zero-order chi connectivity index (χ0) is 14.0. The monoisotopic (exact) mass is 274 g/mol. The van der Waals surface area contributed by atoms with E-state index in [2.05, 4.69) is 22.0 Å². The number of aryl methyl sites for hydroxylation is 1. The van der Waals surface area contributed by atoms with Crippen molar-refractivity contribution in [3.05, 3.63) is 29.8 Å². The topological polar surface area (TPSA) is 87.1 Å². The van der Waals surface area contributed by atoms with Crippen LogP contribution in [0.1, 0.15) is 31.2 Å². The summed E-state index contributed by atoms with van der Waals surface area (Å²) < 4.78 is 10.7. The number of hydrogen-bond acceptors (Lipinski definition) is 6. The fourth-order valence-corrected chi connectivity index (χ4v) is 2.40. The molecule has 0 spiro atoms. The Hall–Kier alpha value is -1.79. The molecule has 106 valence electrons. The first-order valence-electron chi connectivity index (χ1n) is 6.88. The minimum Gasteiger partial charge on any atom is -0.381 e. The molecule has 20 heavy (non-hydrogen) atoms. The van der Waals surface area contributed by atoms with Crippen molar-refractivity contribution in [3.8, 4) is 11.5 Å². The van der Waals surface area contributed by atoms with Gasteiger partial charge in [0.2, 0.25) is 11.7 Å². The number of rotatable bonds is 3. The van der Waals surface area contributed by atoms with Crippen LogP contribution in [0.15, 0.2) is 22.9 Å². The molecule has 0 aliphatic carbocycles. The van der Waals surface area contributed by atoms with Crippen molar-refractivity contribution in [3.63, 3.8) is 0 Å². The molecule has 6 nitrogen and oxygen atoms in total. The number of nitrogens with two attached hydrogens (primary N) is 1. The van der Waals surface area contributed by atoms with Crippen LogP contribution in [0.2, 0.25) is 0 Å². The highest BCUT2D eigenvalue weighted by molar-refractivity contribution is 5.53. The predicted molar refractivity (Wildman–Crippen MR) is 72.8 cm³/mol. The molecule has 1 aliphatic rings. The fourth-order valence-electron chi connectivity index (χ4n) is 2.40. The molecule has 2 N–H and O–H groups in total. The second-order valence-electron chi connectivity index (χ2n) is 5.06. The van der Waals surface area contributed by atoms with Gasteiger partial charge in [-0.15, -0.1) is 0 Å². The predicted octanol–water partition coefficient (Wildman–Crippen LogP) is 1.66. The smallest absolute Gasteiger partial charge is 0.247 e.